The monoisotopic (exact) mass is 425 g/mol. The maximum atomic E-state index is 12.3. The summed E-state index contributed by atoms with van der Waals surface area (Å²) in [6.45, 7) is 4.85. The van der Waals surface area contributed by atoms with Gasteiger partial charge in [0.25, 0.3) is 5.56 Å². The lowest BCUT2D eigenvalue weighted by Gasteiger charge is -2.30. The van der Waals surface area contributed by atoms with Crippen molar-refractivity contribution in [2.75, 3.05) is 18.0 Å². The highest BCUT2D eigenvalue weighted by Crippen LogP contribution is 2.26. The van der Waals surface area contributed by atoms with Crippen LogP contribution in [-0.4, -0.2) is 53.5 Å². The molecule has 2 amide bonds. The number of aromatic amines is 1. The first kappa shape index (κ1) is 21.4. The topological polar surface area (TPSA) is 116 Å². The minimum absolute atomic E-state index is 0.0216. The first-order valence-corrected chi connectivity index (χ1v) is 10.5. The summed E-state index contributed by atoms with van der Waals surface area (Å²) in [5.41, 5.74) is 0.107. The Kier molecular flexibility index (Phi) is 7.00. The Morgan fingerprint density at radius 2 is 1.86 bits per heavy atom. The van der Waals surface area contributed by atoms with Crippen LogP contribution >= 0.6 is 11.6 Å². The number of nitrogens with one attached hydrogen (secondary N) is 3. The molecule has 2 aliphatic rings. The second-order valence-corrected chi connectivity index (χ2v) is 8.39. The van der Waals surface area contributed by atoms with E-state index in [0.717, 1.165) is 25.7 Å². The first-order valence-electron chi connectivity index (χ1n) is 10.1. The van der Waals surface area contributed by atoms with E-state index in [4.69, 9.17) is 16.3 Å². The third-order valence-electron chi connectivity index (χ3n) is 5.46. The number of aromatic nitrogens is 2. The summed E-state index contributed by atoms with van der Waals surface area (Å²) in [4.78, 5) is 37.6. The van der Waals surface area contributed by atoms with Crippen molar-refractivity contribution >= 4 is 29.3 Å². The zero-order valence-corrected chi connectivity index (χ0v) is 17.5. The summed E-state index contributed by atoms with van der Waals surface area (Å²) in [5, 5.41) is 12.1. The molecule has 160 valence electrons. The highest BCUT2D eigenvalue weighted by atomic mass is 35.5. The minimum Gasteiger partial charge on any atom is -0.444 e. The number of hydrogen-bond donors (Lipinski definition) is 3. The molecule has 0 unspecified atom stereocenters. The lowest BCUT2D eigenvalue weighted by Crippen LogP contribution is -2.45. The molecule has 1 aromatic heterocycles. The molecule has 1 saturated carbocycles. The Labute approximate surface area is 174 Å². The van der Waals surface area contributed by atoms with Crippen LogP contribution in [-0.2, 0) is 9.53 Å². The van der Waals surface area contributed by atoms with Gasteiger partial charge in [0, 0.05) is 31.0 Å². The van der Waals surface area contributed by atoms with Crippen LogP contribution in [0, 0.1) is 5.92 Å². The molecule has 1 aliphatic carbocycles. The molecule has 1 aromatic rings. The average molecular weight is 426 g/mol. The number of carbonyl (C=O) groups is 2. The van der Waals surface area contributed by atoms with Gasteiger partial charge in [-0.15, -0.1) is 0 Å². The number of H-pyrrole nitrogens is 1. The number of ether oxygens (including phenoxy) is 1. The van der Waals surface area contributed by atoms with Crippen LogP contribution in [0.5, 0.6) is 0 Å². The van der Waals surface area contributed by atoms with Crippen LogP contribution < -0.4 is 21.1 Å². The fourth-order valence-corrected chi connectivity index (χ4v) is 3.95. The molecule has 3 N–H and O–H groups in total. The highest BCUT2D eigenvalue weighted by molar-refractivity contribution is 6.33. The maximum Gasteiger partial charge on any atom is 0.407 e. The van der Waals surface area contributed by atoms with Gasteiger partial charge in [0.05, 0.1) is 18.4 Å². The predicted molar refractivity (Wildman–Crippen MR) is 109 cm³/mol. The van der Waals surface area contributed by atoms with Crippen molar-refractivity contribution in [3.8, 4) is 0 Å². The molecule has 2 heterocycles. The number of nitrogens with zero attached hydrogens (tertiary/aromatic N) is 2. The second-order valence-electron chi connectivity index (χ2n) is 8.02. The van der Waals surface area contributed by atoms with E-state index in [-0.39, 0.29) is 35.0 Å². The molecular formula is C19H28ClN5O4. The largest absolute Gasteiger partial charge is 0.444 e. The summed E-state index contributed by atoms with van der Waals surface area (Å²) in [6.07, 6.45) is 4.76. The number of halogens is 1. The molecule has 1 saturated heterocycles. The molecule has 10 heteroatoms. The van der Waals surface area contributed by atoms with Crippen molar-refractivity contribution < 1.29 is 14.3 Å². The molecular weight excluding hydrogens is 398 g/mol. The summed E-state index contributed by atoms with van der Waals surface area (Å²) < 4.78 is 5.55. The van der Waals surface area contributed by atoms with E-state index in [9.17, 15) is 14.4 Å². The molecule has 0 radical (unpaired) electrons. The SMILES string of the molecule is CC(C)C(=O)N[C@H]1CC[C@H](NC(=O)O[C@@H]2CCN(c3cn[nH]c(=O)c3Cl)C2)CC1. The van der Waals surface area contributed by atoms with E-state index in [1.807, 2.05) is 18.7 Å². The number of alkyl carbamates (subject to hydrolysis) is 1. The lowest BCUT2D eigenvalue weighted by atomic mass is 9.91. The Balaban J connectivity index is 1.41. The van der Waals surface area contributed by atoms with Gasteiger partial charge < -0.3 is 20.3 Å². The molecule has 0 bridgehead atoms. The van der Waals surface area contributed by atoms with Crippen LogP contribution in [0.2, 0.25) is 5.02 Å². The number of amides is 2. The average Bonchev–Trinajstić information content (AvgIpc) is 3.13. The Bertz CT molecular complexity index is 791. The summed E-state index contributed by atoms with van der Waals surface area (Å²) >= 11 is 6.04. The van der Waals surface area contributed by atoms with Crippen molar-refractivity contribution in [2.24, 2.45) is 5.92 Å². The molecule has 0 aromatic carbocycles. The molecule has 9 nitrogen and oxygen atoms in total. The molecule has 1 aliphatic heterocycles. The first-order chi connectivity index (χ1) is 13.8. The van der Waals surface area contributed by atoms with Crippen LogP contribution in [0.15, 0.2) is 11.0 Å². The van der Waals surface area contributed by atoms with Gasteiger partial charge in [-0.25, -0.2) is 9.89 Å². The number of hydrogen-bond acceptors (Lipinski definition) is 6. The van der Waals surface area contributed by atoms with Crippen LogP contribution in [0.1, 0.15) is 46.0 Å². The van der Waals surface area contributed by atoms with Gasteiger partial charge in [0.1, 0.15) is 11.1 Å². The highest BCUT2D eigenvalue weighted by Gasteiger charge is 2.29. The number of rotatable bonds is 5. The summed E-state index contributed by atoms with van der Waals surface area (Å²) in [6, 6.07) is 0.230. The molecule has 3 rings (SSSR count). The number of carbonyl (C=O) groups excluding carboxylic acids is 2. The summed E-state index contributed by atoms with van der Waals surface area (Å²) in [7, 11) is 0. The third kappa shape index (κ3) is 5.62. The van der Waals surface area contributed by atoms with E-state index in [1.54, 1.807) is 0 Å². The van der Waals surface area contributed by atoms with E-state index in [0.29, 0.717) is 25.2 Å². The van der Waals surface area contributed by atoms with E-state index in [2.05, 4.69) is 20.8 Å². The van der Waals surface area contributed by atoms with Gasteiger partial charge in [-0.2, -0.15) is 5.10 Å². The predicted octanol–water partition coefficient (Wildman–Crippen LogP) is 1.81. The number of anilines is 1. The fraction of sp³-hybridized carbons (Fsp3) is 0.684. The molecule has 1 atom stereocenters. The summed E-state index contributed by atoms with van der Waals surface area (Å²) in [5.74, 6) is 0.0500. The van der Waals surface area contributed by atoms with E-state index >= 15 is 0 Å². The molecule has 29 heavy (non-hydrogen) atoms. The van der Waals surface area contributed by atoms with Crippen molar-refractivity contribution in [1.82, 2.24) is 20.8 Å². The van der Waals surface area contributed by atoms with Gasteiger partial charge in [-0.1, -0.05) is 25.4 Å². The van der Waals surface area contributed by atoms with Gasteiger partial charge in [-0.3, -0.25) is 9.59 Å². The molecule has 0 spiro atoms. The van der Waals surface area contributed by atoms with Crippen molar-refractivity contribution in [2.45, 2.75) is 64.1 Å². The Morgan fingerprint density at radius 3 is 2.52 bits per heavy atom. The van der Waals surface area contributed by atoms with Gasteiger partial charge in [0.15, 0.2) is 0 Å². The van der Waals surface area contributed by atoms with Crippen LogP contribution in [0.4, 0.5) is 10.5 Å². The smallest absolute Gasteiger partial charge is 0.407 e. The minimum atomic E-state index is -0.438. The van der Waals surface area contributed by atoms with Crippen molar-refractivity contribution in [3.05, 3.63) is 21.6 Å². The van der Waals surface area contributed by atoms with E-state index in [1.165, 1.54) is 6.20 Å². The second kappa shape index (κ2) is 9.47. The quantitative estimate of drug-likeness (QED) is 0.662. The lowest BCUT2D eigenvalue weighted by molar-refractivity contribution is -0.124. The van der Waals surface area contributed by atoms with Gasteiger partial charge in [-0.05, 0) is 25.7 Å². The normalized spacial score (nSPS) is 24.4. The van der Waals surface area contributed by atoms with Crippen LogP contribution in [0.3, 0.4) is 0 Å². The zero-order chi connectivity index (χ0) is 21.0. The van der Waals surface area contributed by atoms with Gasteiger partial charge >= 0.3 is 6.09 Å². The van der Waals surface area contributed by atoms with Crippen molar-refractivity contribution in [3.63, 3.8) is 0 Å². The zero-order valence-electron chi connectivity index (χ0n) is 16.7. The molecule has 2 fully saturated rings. The Morgan fingerprint density at radius 1 is 1.21 bits per heavy atom. The maximum absolute atomic E-state index is 12.3. The van der Waals surface area contributed by atoms with Crippen molar-refractivity contribution in [1.29, 1.82) is 0 Å². The fourth-order valence-electron chi connectivity index (χ4n) is 3.74. The standard InChI is InChI=1S/C19H28ClN5O4/c1-11(2)17(26)22-12-3-5-13(6-4-12)23-19(28)29-14-7-8-25(10-14)15-9-21-24-18(27)16(15)20/h9,11-14H,3-8,10H2,1-2H3,(H,22,26)(H,23,28)(H,24,27)/t12-,13-,14-/m1/s1. The van der Waals surface area contributed by atoms with E-state index < -0.39 is 11.7 Å². The van der Waals surface area contributed by atoms with Crippen LogP contribution in [0.25, 0.3) is 0 Å². The van der Waals surface area contributed by atoms with Gasteiger partial charge in [0.2, 0.25) is 5.91 Å². The Hall–Kier alpha value is -2.29. The third-order valence-corrected chi connectivity index (χ3v) is 5.82.